The van der Waals surface area contributed by atoms with Crippen molar-refractivity contribution in [3.63, 3.8) is 0 Å². The minimum absolute atomic E-state index is 0.00259. The highest BCUT2D eigenvalue weighted by molar-refractivity contribution is 5.99. The van der Waals surface area contributed by atoms with Crippen molar-refractivity contribution >= 4 is 11.9 Å². The molecule has 0 spiro atoms. The second-order valence-electron chi connectivity index (χ2n) is 5.79. The predicted octanol–water partition coefficient (Wildman–Crippen LogP) is 2.70. The van der Waals surface area contributed by atoms with Crippen LogP contribution in [0.15, 0.2) is 24.3 Å². The Balaban J connectivity index is 2.00. The molecule has 0 saturated heterocycles. The van der Waals surface area contributed by atoms with E-state index in [1.165, 1.54) is 0 Å². The fourth-order valence-corrected chi connectivity index (χ4v) is 3.14. The zero-order valence-corrected chi connectivity index (χ0v) is 11.6. The average molecular weight is 273 g/mol. The van der Waals surface area contributed by atoms with Crippen LogP contribution in [0.25, 0.3) is 0 Å². The number of benzene rings is 1. The van der Waals surface area contributed by atoms with Gasteiger partial charge >= 0.3 is 5.97 Å². The smallest absolute Gasteiger partial charge is 0.308 e. The lowest BCUT2D eigenvalue weighted by molar-refractivity contribution is -0.144. The van der Waals surface area contributed by atoms with Gasteiger partial charge in [0.15, 0.2) is 0 Å². The van der Waals surface area contributed by atoms with E-state index >= 15 is 0 Å². The van der Waals surface area contributed by atoms with Crippen LogP contribution in [-0.2, 0) is 4.79 Å². The molecule has 106 valence electrons. The molecule has 0 aromatic heterocycles. The molecule has 1 fully saturated rings. The van der Waals surface area contributed by atoms with Crippen molar-refractivity contribution < 1.29 is 14.7 Å². The van der Waals surface area contributed by atoms with E-state index in [0.717, 1.165) is 18.4 Å². The lowest BCUT2D eigenvalue weighted by atomic mass is 9.90. The third-order valence-corrected chi connectivity index (χ3v) is 4.40. The van der Waals surface area contributed by atoms with E-state index < -0.39 is 11.9 Å². The van der Waals surface area contributed by atoms with E-state index in [2.05, 4.69) is 0 Å². The minimum atomic E-state index is -0.817. The maximum atomic E-state index is 12.5. The number of aliphatic carboxylic acids is 1. The fourth-order valence-electron chi connectivity index (χ4n) is 3.14. The van der Waals surface area contributed by atoms with Crippen LogP contribution < -0.4 is 0 Å². The Morgan fingerprint density at radius 3 is 2.70 bits per heavy atom. The van der Waals surface area contributed by atoms with Crippen molar-refractivity contribution in [1.29, 1.82) is 0 Å². The first-order valence-electron chi connectivity index (χ1n) is 7.26. The largest absolute Gasteiger partial charge is 0.481 e. The number of carbonyl (C=O) groups excluding carboxylic acids is 1. The van der Waals surface area contributed by atoms with Gasteiger partial charge in [-0.05, 0) is 36.8 Å². The Bertz CT molecular complexity index is 550. The Morgan fingerprint density at radius 2 is 2.10 bits per heavy atom. The zero-order chi connectivity index (χ0) is 14.3. The third kappa shape index (κ3) is 2.09. The molecule has 2 unspecified atom stereocenters. The number of fused-ring (bicyclic) bond motifs is 1. The number of rotatable bonds is 5. The summed E-state index contributed by atoms with van der Waals surface area (Å²) >= 11 is 0. The van der Waals surface area contributed by atoms with Crippen molar-refractivity contribution in [1.82, 2.24) is 4.90 Å². The molecule has 1 amide bonds. The van der Waals surface area contributed by atoms with Crippen LogP contribution in [0.5, 0.6) is 0 Å². The topological polar surface area (TPSA) is 57.6 Å². The summed E-state index contributed by atoms with van der Waals surface area (Å²) in [6.07, 6.45) is 2.83. The van der Waals surface area contributed by atoms with Crippen LogP contribution in [0.3, 0.4) is 0 Å². The number of carboxylic acids is 1. The zero-order valence-electron chi connectivity index (χ0n) is 11.6. The Kier molecular flexibility index (Phi) is 3.24. The van der Waals surface area contributed by atoms with Gasteiger partial charge in [-0.3, -0.25) is 9.59 Å². The molecule has 0 bridgehead atoms. The van der Waals surface area contributed by atoms with Gasteiger partial charge in [0.05, 0.1) is 12.0 Å². The summed E-state index contributed by atoms with van der Waals surface area (Å²) in [5.74, 6) is -0.789. The number of hydrogen-bond acceptors (Lipinski definition) is 2. The van der Waals surface area contributed by atoms with Gasteiger partial charge < -0.3 is 10.0 Å². The first-order chi connectivity index (χ1) is 9.63. The van der Waals surface area contributed by atoms with Crippen molar-refractivity contribution in [3.8, 4) is 0 Å². The van der Waals surface area contributed by atoms with Crippen molar-refractivity contribution in [3.05, 3.63) is 35.4 Å². The molecule has 20 heavy (non-hydrogen) atoms. The number of carboxylic acid groups (broad SMARTS) is 1. The van der Waals surface area contributed by atoms with Crippen LogP contribution in [0.2, 0.25) is 0 Å². The van der Waals surface area contributed by atoms with Gasteiger partial charge in [-0.2, -0.15) is 0 Å². The molecule has 2 atom stereocenters. The highest BCUT2D eigenvalue weighted by Crippen LogP contribution is 2.42. The first kappa shape index (κ1) is 13.2. The summed E-state index contributed by atoms with van der Waals surface area (Å²) in [6, 6.07) is 7.13. The summed E-state index contributed by atoms with van der Waals surface area (Å²) in [4.78, 5) is 25.9. The van der Waals surface area contributed by atoms with Crippen molar-refractivity contribution in [2.24, 2.45) is 11.8 Å². The van der Waals surface area contributed by atoms with Gasteiger partial charge in [0.2, 0.25) is 0 Å². The van der Waals surface area contributed by atoms with Gasteiger partial charge in [-0.25, -0.2) is 0 Å². The lowest BCUT2D eigenvalue weighted by Crippen LogP contribution is -2.36. The Morgan fingerprint density at radius 1 is 1.40 bits per heavy atom. The second kappa shape index (κ2) is 4.93. The summed E-state index contributed by atoms with van der Waals surface area (Å²) in [6.45, 7) is 2.57. The van der Waals surface area contributed by atoms with Crippen molar-refractivity contribution in [2.75, 3.05) is 6.54 Å². The first-order valence-corrected chi connectivity index (χ1v) is 7.26. The number of carbonyl (C=O) groups is 2. The van der Waals surface area contributed by atoms with Crippen LogP contribution in [0, 0.1) is 11.8 Å². The monoisotopic (exact) mass is 273 g/mol. The van der Waals surface area contributed by atoms with E-state index in [9.17, 15) is 14.7 Å². The van der Waals surface area contributed by atoms with Gasteiger partial charge in [0.25, 0.3) is 5.91 Å². The van der Waals surface area contributed by atoms with Crippen LogP contribution in [-0.4, -0.2) is 28.4 Å². The average Bonchev–Trinajstić information content (AvgIpc) is 3.21. The molecule has 3 rings (SSSR count). The third-order valence-electron chi connectivity index (χ3n) is 4.40. The highest BCUT2D eigenvalue weighted by atomic mass is 16.4. The van der Waals surface area contributed by atoms with E-state index in [4.69, 9.17) is 0 Å². The molecule has 1 N–H and O–H groups in total. The Hall–Kier alpha value is -1.84. The molecular weight excluding hydrogens is 254 g/mol. The SMILES string of the molecule is CCC(C(=O)O)C1c2ccccc2C(=O)N1CC1CC1. The van der Waals surface area contributed by atoms with Crippen molar-refractivity contribution in [2.45, 2.75) is 32.2 Å². The standard InChI is InChI=1S/C16H19NO3/c1-2-11(16(19)20)14-12-5-3-4-6-13(12)15(18)17(14)9-10-7-8-10/h3-6,10-11,14H,2,7-9H2,1H3,(H,19,20). The molecule has 4 nitrogen and oxygen atoms in total. The molecule has 1 heterocycles. The summed E-state index contributed by atoms with van der Waals surface area (Å²) in [7, 11) is 0. The van der Waals surface area contributed by atoms with Crippen LogP contribution >= 0.6 is 0 Å². The molecule has 0 radical (unpaired) electrons. The Labute approximate surface area is 118 Å². The maximum Gasteiger partial charge on any atom is 0.308 e. The van der Waals surface area contributed by atoms with E-state index in [0.29, 0.717) is 24.4 Å². The van der Waals surface area contributed by atoms with Crippen LogP contribution in [0.1, 0.15) is 48.1 Å². The van der Waals surface area contributed by atoms with E-state index in [1.54, 1.807) is 4.90 Å². The molecular formula is C16H19NO3. The fraction of sp³-hybridized carbons (Fsp3) is 0.500. The van der Waals surface area contributed by atoms with E-state index in [-0.39, 0.29) is 11.9 Å². The second-order valence-corrected chi connectivity index (χ2v) is 5.79. The predicted molar refractivity (Wildman–Crippen MR) is 74.4 cm³/mol. The lowest BCUT2D eigenvalue weighted by Gasteiger charge is -2.29. The molecule has 1 saturated carbocycles. The maximum absolute atomic E-state index is 12.5. The van der Waals surface area contributed by atoms with E-state index in [1.807, 2.05) is 31.2 Å². The summed E-state index contributed by atoms with van der Waals surface area (Å²) in [5.41, 5.74) is 1.56. The van der Waals surface area contributed by atoms with Crippen LogP contribution in [0.4, 0.5) is 0 Å². The summed E-state index contributed by atoms with van der Waals surface area (Å²) < 4.78 is 0. The molecule has 2 aliphatic rings. The molecule has 1 aliphatic heterocycles. The number of amides is 1. The molecule has 1 aromatic carbocycles. The number of nitrogens with zero attached hydrogens (tertiary/aromatic N) is 1. The van der Waals surface area contributed by atoms with Gasteiger partial charge in [-0.15, -0.1) is 0 Å². The normalized spacial score (nSPS) is 22.8. The molecule has 1 aromatic rings. The minimum Gasteiger partial charge on any atom is -0.481 e. The molecule has 4 heteroatoms. The summed E-state index contributed by atoms with van der Waals surface area (Å²) in [5, 5.41) is 9.48. The van der Waals surface area contributed by atoms with Gasteiger partial charge in [0.1, 0.15) is 0 Å². The molecule has 1 aliphatic carbocycles. The quantitative estimate of drug-likeness (QED) is 0.897. The number of hydrogen-bond donors (Lipinski definition) is 1. The highest BCUT2D eigenvalue weighted by Gasteiger charge is 2.44. The van der Waals surface area contributed by atoms with Gasteiger partial charge in [-0.1, -0.05) is 25.1 Å². The van der Waals surface area contributed by atoms with Gasteiger partial charge in [0, 0.05) is 12.1 Å².